The zero-order valence-corrected chi connectivity index (χ0v) is 12.4. The number of aromatic nitrogens is 2. The van der Waals surface area contributed by atoms with Crippen LogP contribution < -0.4 is 0 Å². The first-order valence-corrected chi connectivity index (χ1v) is 6.77. The van der Waals surface area contributed by atoms with E-state index < -0.39 is 6.43 Å². The average molecular weight is 317 g/mol. The van der Waals surface area contributed by atoms with Crippen molar-refractivity contribution in [2.45, 2.75) is 26.2 Å². The van der Waals surface area contributed by atoms with E-state index >= 15 is 0 Å². The minimum absolute atomic E-state index is 0.0800. The molecule has 0 N–H and O–H groups in total. The number of halogens is 4. The summed E-state index contributed by atoms with van der Waals surface area (Å²) in [5.74, 6) is 0.323. The van der Waals surface area contributed by atoms with E-state index in [1.165, 1.54) is 18.2 Å². The smallest absolute Gasteiger partial charge is 0.216 e. The Balaban J connectivity index is 2.51. The second-order valence-corrected chi connectivity index (χ2v) is 5.34. The maximum absolute atomic E-state index is 12.7. The van der Waals surface area contributed by atoms with Crippen molar-refractivity contribution in [3.05, 3.63) is 45.7 Å². The van der Waals surface area contributed by atoms with Crippen molar-refractivity contribution in [1.29, 1.82) is 0 Å². The highest BCUT2D eigenvalue weighted by Gasteiger charge is 2.16. The van der Waals surface area contributed by atoms with Crippen LogP contribution in [0.2, 0.25) is 10.3 Å². The van der Waals surface area contributed by atoms with Crippen molar-refractivity contribution in [3.8, 4) is 11.4 Å². The molecule has 106 valence electrons. The van der Waals surface area contributed by atoms with Gasteiger partial charge in [-0.25, -0.2) is 18.7 Å². The summed E-state index contributed by atoms with van der Waals surface area (Å²) in [6, 6.07) is 5.85. The molecular formula is C14H12Cl2F2N2. The molecule has 1 heterocycles. The van der Waals surface area contributed by atoms with Gasteiger partial charge in [0.1, 0.15) is 10.3 Å². The van der Waals surface area contributed by atoms with Crippen LogP contribution >= 0.6 is 23.2 Å². The first kappa shape index (κ1) is 15.1. The van der Waals surface area contributed by atoms with E-state index in [-0.39, 0.29) is 27.6 Å². The molecule has 0 fully saturated rings. The highest BCUT2D eigenvalue weighted by molar-refractivity contribution is 6.34. The van der Waals surface area contributed by atoms with E-state index in [0.717, 1.165) is 0 Å². The van der Waals surface area contributed by atoms with Crippen LogP contribution in [0.5, 0.6) is 0 Å². The Morgan fingerprint density at radius 3 is 2.15 bits per heavy atom. The first-order chi connectivity index (χ1) is 9.40. The summed E-state index contributed by atoms with van der Waals surface area (Å²) >= 11 is 12.2. The zero-order chi connectivity index (χ0) is 14.9. The van der Waals surface area contributed by atoms with Crippen molar-refractivity contribution in [2.24, 2.45) is 0 Å². The van der Waals surface area contributed by atoms with E-state index in [4.69, 9.17) is 23.2 Å². The molecule has 0 unspecified atom stereocenters. The van der Waals surface area contributed by atoms with Crippen LogP contribution in [0.1, 0.15) is 37.3 Å². The van der Waals surface area contributed by atoms with Gasteiger partial charge in [-0.1, -0.05) is 55.2 Å². The molecule has 0 atom stereocenters. The Kier molecular flexibility index (Phi) is 4.55. The van der Waals surface area contributed by atoms with Gasteiger partial charge in [0.2, 0.25) is 0 Å². The van der Waals surface area contributed by atoms with Crippen LogP contribution in [-0.4, -0.2) is 9.97 Å². The fourth-order valence-electron chi connectivity index (χ4n) is 1.84. The molecule has 0 saturated heterocycles. The van der Waals surface area contributed by atoms with Crippen molar-refractivity contribution >= 4 is 23.2 Å². The molecule has 0 aliphatic carbocycles. The van der Waals surface area contributed by atoms with Gasteiger partial charge in [-0.15, -0.1) is 0 Å². The quantitative estimate of drug-likeness (QED) is 0.697. The molecule has 0 saturated carbocycles. The van der Waals surface area contributed by atoms with Crippen molar-refractivity contribution in [2.75, 3.05) is 0 Å². The van der Waals surface area contributed by atoms with Gasteiger partial charge in [0, 0.05) is 16.7 Å². The van der Waals surface area contributed by atoms with Gasteiger partial charge < -0.3 is 0 Å². The molecule has 6 heteroatoms. The number of benzene rings is 1. The minimum atomic E-state index is -2.55. The fourth-order valence-corrected chi connectivity index (χ4v) is 2.66. The summed E-state index contributed by atoms with van der Waals surface area (Å²) < 4.78 is 25.4. The lowest BCUT2D eigenvalue weighted by Gasteiger charge is -2.11. The third kappa shape index (κ3) is 3.07. The molecule has 0 radical (unpaired) electrons. The second kappa shape index (κ2) is 6.02. The number of hydrogen-bond donors (Lipinski definition) is 0. The van der Waals surface area contributed by atoms with Crippen LogP contribution in [0.4, 0.5) is 8.78 Å². The van der Waals surface area contributed by atoms with Crippen LogP contribution in [-0.2, 0) is 0 Å². The standard InChI is InChI=1S/C14H12Cl2F2N2/c1-7(2)10-11(15)19-14(20-12(10)16)9-5-3-4-8(6-9)13(17)18/h3-7,13H,1-2H3. The SMILES string of the molecule is CC(C)c1c(Cl)nc(-c2cccc(C(F)F)c2)nc1Cl. The van der Waals surface area contributed by atoms with Crippen molar-refractivity contribution < 1.29 is 8.78 Å². The van der Waals surface area contributed by atoms with Gasteiger partial charge >= 0.3 is 0 Å². The number of nitrogens with zero attached hydrogens (tertiary/aromatic N) is 2. The van der Waals surface area contributed by atoms with E-state index in [9.17, 15) is 8.78 Å². The summed E-state index contributed by atoms with van der Waals surface area (Å²) in [6.07, 6.45) is -2.55. The van der Waals surface area contributed by atoms with Gasteiger partial charge in [-0.05, 0) is 12.0 Å². The summed E-state index contributed by atoms with van der Waals surface area (Å²) in [5, 5.41) is 0.495. The van der Waals surface area contributed by atoms with Crippen LogP contribution in [0.3, 0.4) is 0 Å². The van der Waals surface area contributed by atoms with Gasteiger partial charge in [0.25, 0.3) is 6.43 Å². The molecule has 2 rings (SSSR count). The molecule has 20 heavy (non-hydrogen) atoms. The van der Waals surface area contributed by atoms with Gasteiger partial charge in [-0.2, -0.15) is 0 Å². The molecule has 0 amide bonds. The molecule has 0 bridgehead atoms. The highest BCUT2D eigenvalue weighted by atomic mass is 35.5. The number of alkyl halides is 2. The lowest BCUT2D eigenvalue weighted by Crippen LogP contribution is -1.99. The topological polar surface area (TPSA) is 25.8 Å². The molecule has 0 spiro atoms. The third-order valence-corrected chi connectivity index (χ3v) is 3.40. The summed E-state index contributed by atoms with van der Waals surface area (Å²) in [7, 11) is 0. The lowest BCUT2D eigenvalue weighted by molar-refractivity contribution is 0.151. The summed E-state index contributed by atoms with van der Waals surface area (Å²) in [6.45, 7) is 3.85. The predicted octanol–water partition coefficient (Wildman–Crippen LogP) is 5.51. The Morgan fingerprint density at radius 1 is 1.05 bits per heavy atom. The molecule has 2 aromatic rings. The van der Waals surface area contributed by atoms with Gasteiger partial charge in [0.15, 0.2) is 5.82 Å². The Bertz CT molecular complexity index is 607. The largest absolute Gasteiger partial charge is 0.263 e. The third-order valence-electron chi connectivity index (χ3n) is 2.83. The summed E-state index contributed by atoms with van der Waals surface area (Å²) in [4.78, 5) is 8.30. The molecule has 2 nitrogen and oxygen atoms in total. The van der Waals surface area contributed by atoms with Crippen LogP contribution in [0, 0.1) is 0 Å². The molecule has 0 aliphatic heterocycles. The molecule has 1 aromatic heterocycles. The number of rotatable bonds is 3. The zero-order valence-electron chi connectivity index (χ0n) is 10.9. The molecule has 1 aromatic carbocycles. The van der Waals surface area contributed by atoms with E-state index in [0.29, 0.717) is 11.1 Å². The van der Waals surface area contributed by atoms with Crippen molar-refractivity contribution in [3.63, 3.8) is 0 Å². The van der Waals surface area contributed by atoms with E-state index in [2.05, 4.69) is 9.97 Å². The molecular weight excluding hydrogens is 305 g/mol. The van der Waals surface area contributed by atoms with Crippen molar-refractivity contribution in [1.82, 2.24) is 9.97 Å². The predicted molar refractivity (Wildman–Crippen MR) is 76.5 cm³/mol. The Morgan fingerprint density at radius 2 is 1.65 bits per heavy atom. The number of hydrogen-bond acceptors (Lipinski definition) is 2. The Labute approximate surface area is 125 Å². The van der Waals surface area contributed by atoms with Gasteiger partial charge in [-0.3, -0.25) is 0 Å². The average Bonchev–Trinajstić information content (AvgIpc) is 2.37. The maximum atomic E-state index is 12.7. The van der Waals surface area contributed by atoms with E-state index in [1.807, 2.05) is 13.8 Å². The van der Waals surface area contributed by atoms with Crippen LogP contribution in [0.25, 0.3) is 11.4 Å². The normalized spacial score (nSPS) is 11.4. The van der Waals surface area contributed by atoms with Crippen LogP contribution in [0.15, 0.2) is 24.3 Å². The van der Waals surface area contributed by atoms with Gasteiger partial charge in [0.05, 0.1) is 0 Å². The highest BCUT2D eigenvalue weighted by Crippen LogP contribution is 2.31. The Hall–Kier alpha value is -1.26. The fraction of sp³-hybridized carbons (Fsp3) is 0.286. The maximum Gasteiger partial charge on any atom is 0.263 e. The van der Waals surface area contributed by atoms with E-state index in [1.54, 1.807) is 6.07 Å². The first-order valence-electron chi connectivity index (χ1n) is 6.01. The monoisotopic (exact) mass is 316 g/mol. The minimum Gasteiger partial charge on any atom is -0.216 e. The lowest BCUT2D eigenvalue weighted by atomic mass is 10.1. The molecule has 0 aliphatic rings. The summed E-state index contributed by atoms with van der Waals surface area (Å²) in [5.41, 5.74) is 1.02. The second-order valence-electron chi connectivity index (χ2n) is 4.62.